The fourth-order valence-electron chi connectivity index (χ4n) is 3.27. The topological polar surface area (TPSA) is 101 Å². The summed E-state index contributed by atoms with van der Waals surface area (Å²) in [7, 11) is 0. The van der Waals surface area contributed by atoms with Crippen LogP contribution in [0.5, 0.6) is 5.75 Å². The Morgan fingerprint density at radius 2 is 1.64 bits per heavy atom. The van der Waals surface area contributed by atoms with E-state index in [9.17, 15) is 9.59 Å². The molecule has 0 aliphatic rings. The summed E-state index contributed by atoms with van der Waals surface area (Å²) in [5, 5.41) is 12.8. The van der Waals surface area contributed by atoms with Crippen molar-refractivity contribution < 1.29 is 14.3 Å². The van der Waals surface area contributed by atoms with Gasteiger partial charge in [0.1, 0.15) is 5.75 Å². The quantitative estimate of drug-likeness (QED) is 0.364. The van der Waals surface area contributed by atoms with E-state index in [0.717, 1.165) is 11.3 Å². The van der Waals surface area contributed by atoms with Crippen LogP contribution in [-0.4, -0.2) is 33.2 Å². The molecule has 0 saturated carbocycles. The molecule has 3 aromatic rings. The molecule has 0 bridgehead atoms. The molecule has 0 radical (unpaired) electrons. The van der Waals surface area contributed by atoms with Gasteiger partial charge in [0.15, 0.2) is 10.6 Å². The summed E-state index contributed by atoms with van der Waals surface area (Å²) in [6.45, 7) is 6.91. The van der Waals surface area contributed by atoms with Gasteiger partial charge in [-0.05, 0) is 73.6 Å². The number of amides is 2. The highest BCUT2D eigenvalue weighted by Gasteiger charge is 2.12. The van der Waals surface area contributed by atoms with Gasteiger partial charge in [0.2, 0.25) is 11.8 Å². The third-order valence-electron chi connectivity index (χ3n) is 4.79. The number of benzene rings is 2. The van der Waals surface area contributed by atoms with Crippen molar-refractivity contribution in [1.82, 2.24) is 14.8 Å². The van der Waals surface area contributed by atoms with Gasteiger partial charge in [-0.1, -0.05) is 13.8 Å². The number of carbonyl (C=O) groups is 2. The van der Waals surface area contributed by atoms with Gasteiger partial charge in [0.05, 0.1) is 6.61 Å². The molecule has 8 nitrogen and oxygen atoms in total. The first-order valence-corrected chi connectivity index (χ1v) is 11.3. The first-order valence-electron chi connectivity index (χ1n) is 10.9. The minimum absolute atomic E-state index is 0.0259. The summed E-state index contributed by atoms with van der Waals surface area (Å²) in [5.41, 5.74) is 2.23. The molecule has 33 heavy (non-hydrogen) atoms. The average molecular weight is 468 g/mol. The van der Waals surface area contributed by atoms with Crippen molar-refractivity contribution in [1.29, 1.82) is 0 Å². The summed E-state index contributed by atoms with van der Waals surface area (Å²) < 4.78 is 7.74. The summed E-state index contributed by atoms with van der Waals surface area (Å²) in [5.74, 6) is 1.57. The Balaban J connectivity index is 1.57. The van der Waals surface area contributed by atoms with Gasteiger partial charge in [-0.3, -0.25) is 19.3 Å². The van der Waals surface area contributed by atoms with E-state index in [2.05, 4.69) is 20.8 Å². The molecule has 174 valence electrons. The Bertz CT molecular complexity index is 1130. The van der Waals surface area contributed by atoms with E-state index in [4.69, 9.17) is 17.0 Å². The van der Waals surface area contributed by atoms with Gasteiger partial charge < -0.3 is 15.4 Å². The first-order chi connectivity index (χ1) is 15.9. The number of anilines is 2. The van der Waals surface area contributed by atoms with Crippen molar-refractivity contribution in [3.05, 3.63) is 53.3 Å². The molecule has 0 aliphatic heterocycles. The molecule has 1 aromatic heterocycles. The van der Waals surface area contributed by atoms with Crippen molar-refractivity contribution >= 4 is 35.4 Å². The van der Waals surface area contributed by atoms with Crippen molar-refractivity contribution in [2.45, 2.75) is 40.2 Å². The lowest BCUT2D eigenvalue weighted by Crippen LogP contribution is -2.15. The van der Waals surface area contributed by atoms with E-state index in [0.29, 0.717) is 47.5 Å². The summed E-state index contributed by atoms with van der Waals surface area (Å²) in [6, 6.07) is 14.6. The molecule has 0 unspecified atom stereocenters. The van der Waals surface area contributed by atoms with Gasteiger partial charge >= 0.3 is 0 Å². The molecule has 0 saturated heterocycles. The number of aromatic nitrogens is 3. The standard InChI is InChI=1S/C24H29N5O3S/c1-4-32-20-11-5-17(6-12-20)23-27-28-24(33)29(23)14-13-21(30)25-18-7-9-19(10-8-18)26-22(31)15-16(2)3/h5-12,16H,4,13-15H2,1-3H3,(H,25,30)(H,26,31)(H,28,33). The van der Waals surface area contributed by atoms with Crippen LogP contribution in [0.25, 0.3) is 11.4 Å². The molecule has 2 aromatic carbocycles. The average Bonchev–Trinajstić information content (AvgIpc) is 3.14. The van der Waals surface area contributed by atoms with Gasteiger partial charge in [-0.2, -0.15) is 5.10 Å². The van der Waals surface area contributed by atoms with Crippen LogP contribution < -0.4 is 15.4 Å². The lowest BCUT2D eigenvalue weighted by molar-refractivity contribution is -0.117. The molecule has 0 spiro atoms. The van der Waals surface area contributed by atoms with Gasteiger partial charge in [0, 0.05) is 36.3 Å². The maximum absolute atomic E-state index is 12.5. The van der Waals surface area contributed by atoms with E-state index in [-0.39, 0.29) is 18.2 Å². The molecule has 2 amide bonds. The lowest BCUT2D eigenvalue weighted by Gasteiger charge is -2.10. The minimum atomic E-state index is -0.146. The third kappa shape index (κ3) is 7.01. The predicted molar refractivity (Wildman–Crippen MR) is 132 cm³/mol. The molecule has 3 rings (SSSR count). The Labute approximate surface area is 198 Å². The van der Waals surface area contributed by atoms with Gasteiger partial charge in [-0.25, -0.2) is 0 Å². The number of hydrogen-bond acceptors (Lipinski definition) is 5. The zero-order valence-corrected chi connectivity index (χ0v) is 19.9. The molecule has 9 heteroatoms. The van der Waals surface area contributed by atoms with Crippen molar-refractivity contribution in [3.8, 4) is 17.1 Å². The monoisotopic (exact) mass is 467 g/mol. The number of aromatic amines is 1. The molecular formula is C24H29N5O3S. The number of H-pyrrole nitrogens is 1. The SMILES string of the molecule is CCOc1ccc(-c2n[nH]c(=S)n2CCC(=O)Nc2ccc(NC(=O)CC(C)C)cc2)cc1. The van der Waals surface area contributed by atoms with Crippen molar-refractivity contribution in [2.75, 3.05) is 17.2 Å². The van der Waals surface area contributed by atoms with Crippen molar-refractivity contribution in [2.24, 2.45) is 5.92 Å². The molecular weight excluding hydrogens is 438 g/mol. The van der Waals surface area contributed by atoms with Crippen LogP contribution in [0.15, 0.2) is 48.5 Å². The Kier molecular flexibility index (Phi) is 8.37. The minimum Gasteiger partial charge on any atom is -0.494 e. The van der Waals surface area contributed by atoms with Gasteiger partial charge in [0.25, 0.3) is 0 Å². The van der Waals surface area contributed by atoms with Crippen LogP contribution in [-0.2, 0) is 16.1 Å². The largest absolute Gasteiger partial charge is 0.494 e. The number of ether oxygens (including phenoxy) is 1. The lowest BCUT2D eigenvalue weighted by atomic mass is 10.1. The number of rotatable bonds is 10. The first kappa shape index (κ1) is 24.2. The zero-order chi connectivity index (χ0) is 23.8. The fraction of sp³-hybridized carbons (Fsp3) is 0.333. The van der Waals surface area contributed by atoms with Crippen molar-refractivity contribution in [3.63, 3.8) is 0 Å². The van der Waals surface area contributed by atoms with E-state index in [1.807, 2.05) is 45.0 Å². The van der Waals surface area contributed by atoms with Crippen LogP contribution in [0.1, 0.15) is 33.6 Å². The third-order valence-corrected chi connectivity index (χ3v) is 5.10. The molecule has 0 aliphatic carbocycles. The van der Waals surface area contributed by atoms with Crippen LogP contribution in [0, 0.1) is 10.7 Å². The second-order valence-electron chi connectivity index (χ2n) is 7.98. The molecule has 0 fully saturated rings. The predicted octanol–water partition coefficient (Wildman–Crippen LogP) is 5.02. The fourth-order valence-corrected chi connectivity index (χ4v) is 3.49. The number of carbonyl (C=O) groups excluding carboxylic acids is 2. The van der Waals surface area contributed by atoms with E-state index in [1.54, 1.807) is 28.8 Å². The van der Waals surface area contributed by atoms with E-state index < -0.39 is 0 Å². The smallest absolute Gasteiger partial charge is 0.226 e. The van der Waals surface area contributed by atoms with Crippen LogP contribution in [0.3, 0.4) is 0 Å². The van der Waals surface area contributed by atoms with Crippen LogP contribution in [0.2, 0.25) is 0 Å². The molecule has 0 atom stereocenters. The highest BCUT2D eigenvalue weighted by atomic mass is 32.1. The number of nitrogens with one attached hydrogen (secondary N) is 3. The highest BCUT2D eigenvalue weighted by Crippen LogP contribution is 2.21. The Morgan fingerprint density at radius 3 is 2.21 bits per heavy atom. The normalized spacial score (nSPS) is 10.8. The zero-order valence-electron chi connectivity index (χ0n) is 19.1. The molecule has 1 heterocycles. The van der Waals surface area contributed by atoms with Crippen LogP contribution >= 0.6 is 12.2 Å². The van der Waals surface area contributed by atoms with Crippen LogP contribution in [0.4, 0.5) is 11.4 Å². The van der Waals surface area contributed by atoms with E-state index >= 15 is 0 Å². The maximum Gasteiger partial charge on any atom is 0.226 e. The summed E-state index contributed by atoms with van der Waals surface area (Å²) in [6.07, 6.45) is 0.693. The number of hydrogen-bond donors (Lipinski definition) is 3. The Hall–Kier alpha value is -3.46. The summed E-state index contributed by atoms with van der Waals surface area (Å²) >= 11 is 5.35. The second kappa shape index (κ2) is 11.4. The summed E-state index contributed by atoms with van der Waals surface area (Å²) in [4.78, 5) is 24.4. The van der Waals surface area contributed by atoms with Gasteiger partial charge in [-0.15, -0.1) is 0 Å². The molecule has 3 N–H and O–H groups in total. The Morgan fingerprint density at radius 1 is 1.03 bits per heavy atom. The maximum atomic E-state index is 12.5. The number of nitrogens with zero attached hydrogens (tertiary/aromatic N) is 2. The second-order valence-corrected chi connectivity index (χ2v) is 8.37. The van der Waals surface area contributed by atoms with E-state index in [1.165, 1.54) is 0 Å². The highest BCUT2D eigenvalue weighted by molar-refractivity contribution is 7.71.